The van der Waals surface area contributed by atoms with Crippen LogP contribution in [0.4, 0.5) is 0 Å². The van der Waals surface area contributed by atoms with Gasteiger partial charge in [0.1, 0.15) is 5.69 Å². The van der Waals surface area contributed by atoms with Crippen molar-refractivity contribution in [3.05, 3.63) is 62.4 Å². The summed E-state index contributed by atoms with van der Waals surface area (Å²) in [6.07, 6.45) is 3.16. The molecule has 0 aliphatic carbocycles. The summed E-state index contributed by atoms with van der Waals surface area (Å²) in [4.78, 5) is 53.3. The van der Waals surface area contributed by atoms with Crippen LogP contribution in [-0.2, 0) is 11.2 Å². The van der Waals surface area contributed by atoms with Crippen LogP contribution in [0.3, 0.4) is 0 Å². The predicted octanol–water partition coefficient (Wildman–Crippen LogP) is -0.331. The Morgan fingerprint density at radius 1 is 1.26 bits per heavy atom. The van der Waals surface area contributed by atoms with Crippen molar-refractivity contribution in [3.8, 4) is 0 Å². The summed E-state index contributed by atoms with van der Waals surface area (Å²) in [6, 6.07) is 6.28. The van der Waals surface area contributed by atoms with Gasteiger partial charge in [0.25, 0.3) is 17.0 Å². The first-order valence-electron chi connectivity index (χ1n) is 8.81. The summed E-state index contributed by atoms with van der Waals surface area (Å²) in [6.45, 7) is 1.55. The number of nitrogens with zero attached hydrogens (tertiary/aromatic N) is 2. The Labute approximate surface area is 154 Å². The highest BCUT2D eigenvalue weighted by molar-refractivity contribution is 5.92. The zero-order chi connectivity index (χ0) is 19.2. The fourth-order valence-electron chi connectivity index (χ4n) is 3.15. The molecule has 0 saturated carbocycles. The van der Waals surface area contributed by atoms with E-state index < -0.39 is 11.1 Å². The Morgan fingerprint density at radius 2 is 2.11 bits per heavy atom. The molecule has 2 aromatic rings. The van der Waals surface area contributed by atoms with Crippen molar-refractivity contribution in [1.29, 1.82) is 0 Å². The van der Waals surface area contributed by atoms with Gasteiger partial charge in [-0.15, -0.1) is 0 Å². The zero-order valence-corrected chi connectivity index (χ0v) is 14.7. The summed E-state index contributed by atoms with van der Waals surface area (Å²) >= 11 is 0. The quantitative estimate of drug-likeness (QED) is 0.663. The number of aromatic amines is 2. The topological polar surface area (TPSA) is 128 Å². The number of hydrogen-bond donors (Lipinski definition) is 3. The molecule has 0 spiro atoms. The van der Waals surface area contributed by atoms with E-state index in [1.165, 1.54) is 0 Å². The molecule has 1 unspecified atom stereocenters. The summed E-state index contributed by atoms with van der Waals surface area (Å²) < 4.78 is 0. The Kier molecular flexibility index (Phi) is 5.80. The van der Waals surface area contributed by atoms with Gasteiger partial charge in [0.05, 0.1) is 6.42 Å². The van der Waals surface area contributed by atoms with Crippen molar-refractivity contribution in [1.82, 2.24) is 25.4 Å². The second-order valence-electron chi connectivity index (χ2n) is 6.56. The summed E-state index contributed by atoms with van der Waals surface area (Å²) in [5.41, 5.74) is -0.422. The van der Waals surface area contributed by atoms with Gasteiger partial charge in [-0.3, -0.25) is 34.4 Å². The number of pyridine rings is 1. The number of piperidine rings is 1. The largest absolute Gasteiger partial charge is 0.350 e. The minimum absolute atomic E-state index is 0.119. The molecule has 3 N–H and O–H groups in total. The van der Waals surface area contributed by atoms with E-state index in [1.807, 2.05) is 0 Å². The van der Waals surface area contributed by atoms with Gasteiger partial charge in [-0.2, -0.15) is 0 Å². The first-order valence-corrected chi connectivity index (χ1v) is 8.81. The van der Waals surface area contributed by atoms with Crippen LogP contribution >= 0.6 is 0 Å². The van der Waals surface area contributed by atoms with Crippen molar-refractivity contribution < 1.29 is 9.59 Å². The van der Waals surface area contributed by atoms with Gasteiger partial charge in [-0.05, 0) is 30.9 Å². The predicted molar refractivity (Wildman–Crippen MR) is 97.3 cm³/mol. The Bertz CT molecular complexity index is 921. The van der Waals surface area contributed by atoms with Crippen LogP contribution < -0.4 is 16.4 Å². The number of likely N-dealkylation sites (tertiary alicyclic amines) is 1. The number of aromatic nitrogens is 3. The molecule has 2 aromatic heterocycles. The molecular weight excluding hydrogens is 350 g/mol. The minimum Gasteiger partial charge on any atom is -0.350 e. The van der Waals surface area contributed by atoms with Crippen molar-refractivity contribution in [2.24, 2.45) is 5.92 Å². The van der Waals surface area contributed by atoms with E-state index in [4.69, 9.17) is 0 Å². The molecule has 27 heavy (non-hydrogen) atoms. The highest BCUT2D eigenvalue weighted by Gasteiger charge is 2.24. The SMILES string of the molecule is O=C(NCC1CCCN(C(=O)Cc2cc(=O)[nH][nH]c2=O)C1)c1ccccn1. The lowest BCUT2D eigenvalue weighted by Crippen LogP contribution is -2.44. The molecular formula is C18H21N5O4. The van der Waals surface area contributed by atoms with Crippen LogP contribution in [0.2, 0.25) is 0 Å². The second-order valence-corrected chi connectivity index (χ2v) is 6.56. The van der Waals surface area contributed by atoms with Gasteiger partial charge in [-0.25, -0.2) is 0 Å². The average Bonchev–Trinajstić information content (AvgIpc) is 2.69. The van der Waals surface area contributed by atoms with Crippen LogP contribution in [0.25, 0.3) is 0 Å². The first-order chi connectivity index (χ1) is 13.0. The molecule has 9 nitrogen and oxygen atoms in total. The normalized spacial score (nSPS) is 16.7. The standard InChI is InChI=1S/C18H21N5O4/c24-15-8-13(17(26)22-21-15)9-16(25)23-7-3-4-12(11-23)10-20-18(27)14-5-1-2-6-19-14/h1-2,5-6,8,12H,3-4,7,9-11H2,(H,20,27)(H,21,24)(H,22,26). The number of amides is 2. The van der Waals surface area contributed by atoms with Gasteiger partial charge < -0.3 is 10.2 Å². The molecule has 3 heterocycles. The van der Waals surface area contributed by atoms with E-state index in [-0.39, 0.29) is 29.7 Å². The maximum atomic E-state index is 12.5. The molecule has 1 aliphatic heterocycles. The van der Waals surface area contributed by atoms with Crippen molar-refractivity contribution in [2.45, 2.75) is 19.3 Å². The lowest BCUT2D eigenvalue weighted by atomic mass is 9.97. The van der Waals surface area contributed by atoms with E-state index >= 15 is 0 Å². The Hall–Kier alpha value is -3.23. The van der Waals surface area contributed by atoms with Gasteiger partial charge in [0, 0.05) is 37.5 Å². The first kappa shape index (κ1) is 18.6. The van der Waals surface area contributed by atoms with E-state index in [1.54, 1.807) is 29.3 Å². The third-order valence-corrected chi connectivity index (χ3v) is 4.56. The minimum atomic E-state index is -0.473. The molecule has 3 rings (SSSR count). The van der Waals surface area contributed by atoms with Crippen molar-refractivity contribution >= 4 is 11.8 Å². The molecule has 9 heteroatoms. The number of H-pyrrole nitrogens is 2. The molecule has 0 bridgehead atoms. The molecule has 1 atom stereocenters. The van der Waals surface area contributed by atoms with Gasteiger partial charge in [-0.1, -0.05) is 6.07 Å². The maximum absolute atomic E-state index is 12.5. The highest BCUT2D eigenvalue weighted by Crippen LogP contribution is 2.16. The van der Waals surface area contributed by atoms with Crippen LogP contribution in [0.1, 0.15) is 28.9 Å². The van der Waals surface area contributed by atoms with Crippen LogP contribution in [0.5, 0.6) is 0 Å². The van der Waals surface area contributed by atoms with Crippen LogP contribution in [0, 0.1) is 5.92 Å². The molecule has 0 aromatic carbocycles. The Balaban J connectivity index is 1.55. The maximum Gasteiger partial charge on any atom is 0.269 e. The molecule has 2 amide bonds. The van der Waals surface area contributed by atoms with E-state index in [0.29, 0.717) is 25.3 Å². The number of carbonyl (C=O) groups excluding carboxylic acids is 2. The fourth-order valence-corrected chi connectivity index (χ4v) is 3.15. The Morgan fingerprint density at radius 3 is 2.89 bits per heavy atom. The van der Waals surface area contributed by atoms with Crippen LogP contribution in [-0.4, -0.2) is 51.5 Å². The molecule has 1 saturated heterocycles. The van der Waals surface area contributed by atoms with E-state index in [0.717, 1.165) is 18.9 Å². The fraction of sp³-hybridized carbons (Fsp3) is 0.389. The molecule has 1 fully saturated rings. The van der Waals surface area contributed by atoms with Gasteiger partial charge in [0.2, 0.25) is 5.91 Å². The highest BCUT2D eigenvalue weighted by atomic mass is 16.2. The molecule has 0 radical (unpaired) electrons. The number of carbonyl (C=O) groups is 2. The van der Waals surface area contributed by atoms with E-state index in [2.05, 4.69) is 20.5 Å². The molecule has 1 aliphatic rings. The van der Waals surface area contributed by atoms with Gasteiger partial charge in [0.15, 0.2) is 0 Å². The average molecular weight is 371 g/mol. The number of nitrogens with one attached hydrogen (secondary N) is 3. The number of rotatable bonds is 5. The van der Waals surface area contributed by atoms with E-state index in [9.17, 15) is 19.2 Å². The lowest BCUT2D eigenvalue weighted by molar-refractivity contribution is -0.132. The van der Waals surface area contributed by atoms with Crippen molar-refractivity contribution in [3.63, 3.8) is 0 Å². The zero-order valence-electron chi connectivity index (χ0n) is 14.7. The summed E-state index contributed by atoms with van der Waals surface area (Å²) in [5.74, 6) is -0.311. The third-order valence-electron chi connectivity index (χ3n) is 4.56. The summed E-state index contributed by atoms with van der Waals surface area (Å²) in [7, 11) is 0. The smallest absolute Gasteiger partial charge is 0.269 e. The summed E-state index contributed by atoms with van der Waals surface area (Å²) in [5, 5.41) is 7.25. The monoisotopic (exact) mass is 371 g/mol. The second kappa shape index (κ2) is 8.43. The van der Waals surface area contributed by atoms with Crippen molar-refractivity contribution in [2.75, 3.05) is 19.6 Å². The third kappa shape index (κ3) is 4.90. The van der Waals surface area contributed by atoms with Crippen LogP contribution in [0.15, 0.2) is 40.1 Å². The molecule has 142 valence electrons. The number of hydrogen-bond acceptors (Lipinski definition) is 5. The lowest BCUT2D eigenvalue weighted by Gasteiger charge is -2.33. The van der Waals surface area contributed by atoms with Gasteiger partial charge >= 0.3 is 0 Å².